The first-order valence-electron chi connectivity index (χ1n) is 3.56. The first-order valence-corrected chi connectivity index (χ1v) is 3.56. The van der Waals surface area contributed by atoms with Crippen LogP contribution in [0.5, 0.6) is 5.75 Å². The zero-order valence-electron chi connectivity index (χ0n) is 6.87. The first kappa shape index (κ1) is 8.35. The van der Waals surface area contributed by atoms with Crippen LogP contribution < -0.4 is 4.74 Å². The molecule has 0 fully saturated rings. The summed E-state index contributed by atoms with van der Waals surface area (Å²) in [5.41, 5.74) is 1.76. The van der Waals surface area contributed by atoms with Crippen LogP contribution in [-0.4, -0.2) is 0 Å². The molecular formula is C10H9NO. The summed E-state index contributed by atoms with van der Waals surface area (Å²) in [7, 11) is 0. The lowest BCUT2D eigenvalue weighted by atomic mass is 10.1. The van der Waals surface area contributed by atoms with Crippen molar-refractivity contribution in [1.29, 1.82) is 5.26 Å². The molecule has 0 bridgehead atoms. The van der Waals surface area contributed by atoms with Gasteiger partial charge in [-0.15, -0.1) is 5.26 Å². The molecule has 1 aromatic carbocycles. The summed E-state index contributed by atoms with van der Waals surface area (Å²) in [6.45, 7) is 5.65. The van der Waals surface area contributed by atoms with Crippen molar-refractivity contribution in [2.24, 2.45) is 0 Å². The van der Waals surface area contributed by atoms with Gasteiger partial charge in [0.15, 0.2) is 0 Å². The fourth-order valence-electron chi connectivity index (χ4n) is 0.957. The second kappa shape index (κ2) is 3.59. The molecular weight excluding hydrogens is 150 g/mol. The summed E-state index contributed by atoms with van der Waals surface area (Å²) in [5.74, 6) is 0.563. The molecule has 0 heterocycles. The number of hydrogen-bond donors (Lipinski definition) is 0. The fourth-order valence-corrected chi connectivity index (χ4v) is 0.957. The quantitative estimate of drug-likeness (QED) is 0.621. The molecule has 0 saturated heterocycles. The lowest BCUT2D eigenvalue weighted by Crippen LogP contribution is -1.87. The molecule has 2 heteroatoms. The van der Waals surface area contributed by atoms with Crippen LogP contribution in [0.15, 0.2) is 30.8 Å². The average molecular weight is 159 g/mol. The van der Waals surface area contributed by atoms with E-state index in [0.29, 0.717) is 5.75 Å². The fraction of sp³-hybridized carbons (Fsp3) is 0.100. The smallest absolute Gasteiger partial charge is 0.292 e. The highest BCUT2D eigenvalue weighted by Gasteiger charge is 2.01. The molecule has 0 aliphatic rings. The summed E-state index contributed by atoms with van der Waals surface area (Å²) in [6, 6.07) is 7.32. The number of benzene rings is 1. The Balaban J connectivity index is 3.10. The number of allylic oxidation sites excluding steroid dienone is 1. The van der Waals surface area contributed by atoms with Crippen molar-refractivity contribution in [2.45, 2.75) is 6.92 Å². The van der Waals surface area contributed by atoms with Crippen molar-refractivity contribution in [2.75, 3.05) is 0 Å². The molecule has 1 rings (SSSR count). The van der Waals surface area contributed by atoms with Gasteiger partial charge in [0, 0.05) is 5.56 Å². The maximum atomic E-state index is 8.32. The van der Waals surface area contributed by atoms with E-state index in [1.165, 1.54) is 0 Å². The normalized spacial score (nSPS) is 8.67. The summed E-state index contributed by atoms with van der Waals surface area (Å²) < 4.78 is 4.74. The lowest BCUT2D eigenvalue weighted by Gasteiger charge is -2.03. The van der Waals surface area contributed by atoms with Crippen molar-refractivity contribution in [3.8, 4) is 12.0 Å². The Bertz CT molecular complexity index is 336. The number of nitriles is 1. The summed E-state index contributed by atoms with van der Waals surface area (Å²) in [5, 5.41) is 8.32. The molecule has 2 nitrogen and oxygen atoms in total. The number of ether oxygens (including phenoxy) is 1. The van der Waals surface area contributed by atoms with Gasteiger partial charge in [-0.25, -0.2) is 0 Å². The number of para-hydroxylation sites is 1. The highest BCUT2D eigenvalue weighted by atomic mass is 16.5. The minimum absolute atomic E-state index is 0.563. The maximum absolute atomic E-state index is 8.32. The molecule has 60 valence electrons. The van der Waals surface area contributed by atoms with Gasteiger partial charge < -0.3 is 4.74 Å². The van der Waals surface area contributed by atoms with E-state index in [9.17, 15) is 0 Å². The van der Waals surface area contributed by atoms with Gasteiger partial charge in [-0.1, -0.05) is 24.8 Å². The van der Waals surface area contributed by atoms with E-state index in [4.69, 9.17) is 10.00 Å². The predicted octanol–water partition coefficient (Wildman–Crippen LogP) is 2.58. The van der Waals surface area contributed by atoms with Gasteiger partial charge in [0.1, 0.15) is 5.75 Å². The van der Waals surface area contributed by atoms with Gasteiger partial charge >= 0.3 is 0 Å². The standard InChI is InChI=1S/C10H9NO/c1-8(2)9-5-3-4-6-10(9)12-7-11/h3-6H,1H2,2H3. The summed E-state index contributed by atoms with van der Waals surface area (Å²) in [4.78, 5) is 0. The van der Waals surface area contributed by atoms with E-state index in [1.807, 2.05) is 25.1 Å². The summed E-state index contributed by atoms with van der Waals surface area (Å²) >= 11 is 0. The molecule has 0 amide bonds. The number of hydrogen-bond acceptors (Lipinski definition) is 2. The lowest BCUT2D eigenvalue weighted by molar-refractivity contribution is 0.505. The highest BCUT2D eigenvalue weighted by molar-refractivity contribution is 5.67. The van der Waals surface area contributed by atoms with Crippen LogP contribution in [0.25, 0.3) is 5.57 Å². The molecule has 12 heavy (non-hydrogen) atoms. The van der Waals surface area contributed by atoms with Crippen LogP contribution in [0.4, 0.5) is 0 Å². The molecule has 0 spiro atoms. The Morgan fingerprint density at radius 1 is 1.50 bits per heavy atom. The van der Waals surface area contributed by atoms with E-state index in [2.05, 4.69) is 6.58 Å². The van der Waals surface area contributed by atoms with Gasteiger partial charge in [0.05, 0.1) is 0 Å². The molecule has 0 aromatic heterocycles. The second-order valence-corrected chi connectivity index (χ2v) is 2.47. The van der Waals surface area contributed by atoms with Gasteiger partial charge in [-0.05, 0) is 18.6 Å². The van der Waals surface area contributed by atoms with Gasteiger partial charge in [0.25, 0.3) is 6.26 Å². The minimum Gasteiger partial charge on any atom is -0.387 e. The first-order chi connectivity index (χ1) is 5.75. The molecule has 0 radical (unpaired) electrons. The minimum atomic E-state index is 0.563. The van der Waals surface area contributed by atoms with E-state index in [0.717, 1.165) is 11.1 Å². The SMILES string of the molecule is C=C(C)c1ccccc1OC#N. The van der Waals surface area contributed by atoms with Crippen LogP contribution in [0.2, 0.25) is 0 Å². The number of nitrogens with zero attached hydrogens (tertiary/aromatic N) is 1. The predicted molar refractivity (Wildman–Crippen MR) is 47.4 cm³/mol. The Morgan fingerprint density at radius 3 is 2.75 bits per heavy atom. The third kappa shape index (κ3) is 1.64. The Kier molecular flexibility index (Phi) is 2.49. The third-order valence-corrected chi connectivity index (χ3v) is 1.50. The molecule has 1 aromatic rings. The van der Waals surface area contributed by atoms with Crippen LogP contribution in [0.1, 0.15) is 12.5 Å². The van der Waals surface area contributed by atoms with Crippen LogP contribution in [0, 0.1) is 11.5 Å². The van der Waals surface area contributed by atoms with Gasteiger partial charge in [-0.2, -0.15) is 0 Å². The van der Waals surface area contributed by atoms with Crippen LogP contribution in [0.3, 0.4) is 0 Å². The third-order valence-electron chi connectivity index (χ3n) is 1.50. The van der Waals surface area contributed by atoms with Crippen molar-refractivity contribution in [1.82, 2.24) is 0 Å². The largest absolute Gasteiger partial charge is 0.387 e. The molecule has 0 saturated carbocycles. The monoisotopic (exact) mass is 159 g/mol. The average Bonchev–Trinajstić information content (AvgIpc) is 2.05. The van der Waals surface area contributed by atoms with Crippen molar-refractivity contribution < 1.29 is 4.74 Å². The zero-order valence-corrected chi connectivity index (χ0v) is 6.87. The molecule has 0 unspecified atom stereocenters. The molecule has 0 N–H and O–H groups in total. The van der Waals surface area contributed by atoms with Crippen LogP contribution >= 0.6 is 0 Å². The van der Waals surface area contributed by atoms with Crippen LogP contribution in [-0.2, 0) is 0 Å². The maximum Gasteiger partial charge on any atom is 0.292 e. The second-order valence-electron chi connectivity index (χ2n) is 2.47. The van der Waals surface area contributed by atoms with E-state index >= 15 is 0 Å². The van der Waals surface area contributed by atoms with Crippen molar-refractivity contribution >= 4 is 5.57 Å². The Hall–Kier alpha value is -1.75. The van der Waals surface area contributed by atoms with Crippen molar-refractivity contribution in [3.63, 3.8) is 0 Å². The highest BCUT2D eigenvalue weighted by Crippen LogP contribution is 2.23. The Labute approximate surface area is 71.7 Å². The molecule has 0 aliphatic carbocycles. The Morgan fingerprint density at radius 2 is 2.17 bits per heavy atom. The molecule has 0 aliphatic heterocycles. The number of rotatable bonds is 2. The van der Waals surface area contributed by atoms with E-state index in [1.54, 1.807) is 12.3 Å². The van der Waals surface area contributed by atoms with Gasteiger partial charge in [0.2, 0.25) is 0 Å². The zero-order chi connectivity index (χ0) is 8.97. The van der Waals surface area contributed by atoms with Crippen molar-refractivity contribution in [3.05, 3.63) is 36.4 Å². The molecule has 0 atom stereocenters. The topological polar surface area (TPSA) is 33.0 Å². The summed E-state index contributed by atoms with van der Waals surface area (Å²) in [6.07, 6.45) is 1.64. The van der Waals surface area contributed by atoms with E-state index < -0.39 is 0 Å². The van der Waals surface area contributed by atoms with E-state index in [-0.39, 0.29) is 0 Å². The van der Waals surface area contributed by atoms with Gasteiger partial charge in [-0.3, -0.25) is 0 Å².